The van der Waals surface area contributed by atoms with Crippen LogP contribution in [0.4, 0.5) is 13.2 Å². The van der Waals surface area contributed by atoms with Gasteiger partial charge < -0.3 is 10.2 Å². The quantitative estimate of drug-likeness (QED) is 0.436. The number of hydrogen-bond acceptors (Lipinski definition) is 3. The van der Waals surface area contributed by atoms with E-state index < -0.39 is 12.1 Å². The summed E-state index contributed by atoms with van der Waals surface area (Å²) in [7, 11) is 0. The minimum Gasteiger partial charge on any atom is -0.356 e. The van der Waals surface area contributed by atoms with Crippen molar-refractivity contribution in [3.05, 3.63) is 70.8 Å². The summed E-state index contributed by atoms with van der Waals surface area (Å²) in [5, 5.41) is 2.84. The molecule has 1 N–H and O–H groups in total. The predicted octanol–water partition coefficient (Wildman–Crippen LogP) is 4.28. The van der Waals surface area contributed by atoms with Gasteiger partial charge in [-0.2, -0.15) is 13.2 Å². The molecule has 34 heavy (non-hydrogen) atoms. The third-order valence-electron chi connectivity index (χ3n) is 6.00. The number of amides is 2. The van der Waals surface area contributed by atoms with Crippen molar-refractivity contribution in [2.45, 2.75) is 51.1 Å². The van der Waals surface area contributed by atoms with Crippen molar-refractivity contribution >= 4 is 17.6 Å². The average Bonchev–Trinajstić information content (AvgIpc) is 3.04. The van der Waals surface area contributed by atoms with Gasteiger partial charge in [-0.05, 0) is 54.9 Å². The number of carbonyl (C=O) groups is 3. The lowest BCUT2D eigenvalue weighted by Crippen LogP contribution is -2.42. The van der Waals surface area contributed by atoms with Crippen molar-refractivity contribution in [2.75, 3.05) is 19.6 Å². The molecule has 2 aromatic carbocycles. The average molecular weight is 475 g/mol. The molecule has 1 aliphatic heterocycles. The summed E-state index contributed by atoms with van der Waals surface area (Å²) < 4.78 is 38.2. The van der Waals surface area contributed by atoms with Crippen LogP contribution in [0.3, 0.4) is 0 Å². The SMILES string of the molecule is O=C(CCC(=O)c1ccc2c(c1)CCN(C(=O)C(F)(F)F)CC2)NCCCCc1ccccc1. The van der Waals surface area contributed by atoms with E-state index in [9.17, 15) is 27.6 Å². The smallest absolute Gasteiger partial charge is 0.356 e. The zero-order valence-electron chi connectivity index (χ0n) is 19.0. The number of ketones is 1. The lowest BCUT2D eigenvalue weighted by Gasteiger charge is -2.21. The molecule has 0 aromatic heterocycles. The number of unbranched alkanes of at least 4 members (excludes halogenated alkanes) is 1. The van der Waals surface area contributed by atoms with Gasteiger partial charge in [0, 0.05) is 38.0 Å². The molecule has 2 amide bonds. The Balaban J connectivity index is 1.41. The number of Topliss-reactive ketones (excluding diaryl/α,β-unsaturated/α-hetero) is 1. The van der Waals surface area contributed by atoms with Crippen molar-refractivity contribution in [1.29, 1.82) is 0 Å². The fraction of sp³-hybridized carbons (Fsp3) is 0.423. The Morgan fingerprint density at radius 1 is 0.882 bits per heavy atom. The second kappa shape index (κ2) is 11.8. The monoisotopic (exact) mass is 474 g/mol. The summed E-state index contributed by atoms with van der Waals surface area (Å²) in [6.45, 7) is 0.506. The molecule has 3 rings (SSSR count). The standard InChI is InChI=1S/C26H29F3N2O3/c27-26(28,29)25(34)31-16-13-20-9-10-22(18-21(20)14-17-31)23(32)11-12-24(33)30-15-5-4-8-19-6-2-1-3-7-19/h1-3,6-7,9-10,18H,4-5,8,11-17H2,(H,30,33). The Labute approximate surface area is 197 Å². The van der Waals surface area contributed by atoms with E-state index in [0.717, 1.165) is 35.3 Å². The van der Waals surface area contributed by atoms with Crippen molar-refractivity contribution in [2.24, 2.45) is 0 Å². The molecule has 0 atom stereocenters. The third-order valence-corrected chi connectivity index (χ3v) is 6.00. The van der Waals surface area contributed by atoms with Crippen LogP contribution in [0.25, 0.3) is 0 Å². The zero-order valence-corrected chi connectivity index (χ0v) is 19.0. The van der Waals surface area contributed by atoms with Crippen LogP contribution >= 0.6 is 0 Å². The first kappa shape index (κ1) is 25.5. The van der Waals surface area contributed by atoms with Crippen LogP contribution < -0.4 is 5.32 Å². The van der Waals surface area contributed by atoms with Gasteiger partial charge in [0.25, 0.3) is 0 Å². The van der Waals surface area contributed by atoms with Crippen molar-refractivity contribution in [3.63, 3.8) is 0 Å². The van der Waals surface area contributed by atoms with E-state index >= 15 is 0 Å². The molecule has 5 nitrogen and oxygen atoms in total. The van der Waals surface area contributed by atoms with Crippen LogP contribution in [0.5, 0.6) is 0 Å². The van der Waals surface area contributed by atoms with E-state index in [4.69, 9.17) is 0 Å². The Bertz CT molecular complexity index is 1010. The zero-order chi connectivity index (χ0) is 24.6. The summed E-state index contributed by atoms with van der Waals surface area (Å²) in [4.78, 5) is 37.0. The van der Waals surface area contributed by atoms with E-state index in [2.05, 4.69) is 17.4 Å². The number of nitrogens with one attached hydrogen (secondary N) is 1. The Kier molecular flexibility index (Phi) is 8.85. The van der Waals surface area contributed by atoms with E-state index in [1.165, 1.54) is 5.56 Å². The molecule has 1 aliphatic rings. The number of nitrogens with zero attached hydrogens (tertiary/aromatic N) is 1. The Hall–Kier alpha value is -3.16. The lowest BCUT2D eigenvalue weighted by molar-refractivity contribution is -0.185. The fourth-order valence-corrected chi connectivity index (χ4v) is 4.07. The van der Waals surface area contributed by atoms with E-state index in [0.29, 0.717) is 18.5 Å². The third kappa shape index (κ3) is 7.43. The van der Waals surface area contributed by atoms with Crippen LogP contribution in [-0.2, 0) is 28.9 Å². The van der Waals surface area contributed by atoms with Gasteiger partial charge in [0.2, 0.25) is 5.91 Å². The highest BCUT2D eigenvalue weighted by atomic mass is 19.4. The Morgan fingerprint density at radius 2 is 1.59 bits per heavy atom. The first-order chi connectivity index (χ1) is 16.2. The van der Waals surface area contributed by atoms with Gasteiger partial charge in [-0.1, -0.05) is 42.5 Å². The molecule has 0 bridgehead atoms. The lowest BCUT2D eigenvalue weighted by atomic mass is 9.97. The molecular formula is C26H29F3N2O3. The minimum atomic E-state index is -4.89. The van der Waals surface area contributed by atoms with E-state index in [-0.39, 0.29) is 44.0 Å². The largest absolute Gasteiger partial charge is 0.471 e. The molecule has 0 spiro atoms. The number of benzene rings is 2. The first-order valence-electron chi connectivity index (χ1n) is 11.6. The highest BCUT2D eigenvalue weighted by Crippen LogP contribution is 2.23. The molecule has 0 fully saturated rings. The van der Waals surface area contributed by atoms with Crippen LogP contribution in [-0.4, -0.2) is 48.3 Å². The maximum absolute atomic E-state index is 12.7. The van der Waals surface area contributed by atoms with Gasteiger partial charge in [-0.15, -0.1) is 0 Å². The van der Waals surface area contributed by atoms with Gasteiger partial charge in [0.05, 0.1) is 0 Å². The molecule has 182 valence electrons. The summed E-state index contributed by atoms with van der Waals surface area (Å²) in [6.07, 6.45) is -1.41. The van der Waals surface area contributed by atoms with Crippen molar-refractivity contribution in [3.8, 4) is 0 Å². The molecular weight excluding hydrogens is 445 g/mol. The van der Waals surface area contributed by atoms with Crippen molar-refractivity contribution in [1.82, 2.24) is 10.2 Å². The number of alkyl halides is 3. The molecule has 0 radical (unpaired) electrons. The molecule has 1 heterocycles. The van der Waals surface area contributed by atoms with Gasteiger partial charge >= 0.3 is 12.1 Å². The minimum absolute atomic E-state index is 0.00977. The van der Waals surface area contributed by atoms with Gasteiger partial charge in [0.1, 0.15) is 0 Å². The number of rotatable bonds is 9. The predicted molar refractivity (Wildman–Crippen MR) is 122 cm³/mol. The van der Waals surface area contributed by atoms with E-state index in [1.807, 2.05) is 18.2 Å². The molecule has 0 unspecified atom stereocenters. The van der Waals surface area contributed by atoms with Crippen LogP contribution in [0, 0.1) is 0 Å². The van der Waals surface area contributed by atoms with Gasteiger partial charge in [-0.25, -0.2) is 0 Å². The first-order valence-corrected chi connectivity index (χ1v) is 11.6. The fourth-order valence-electron chi connectivity index (χ4n) is 4.07. The molecule has 2 aromatic rings. The maximum atomic E-state index is 12.7. The number of fused-ring (bicyclic) bond motifs is 1. The maximum Gasteiger partial charge on any atom is 0.471 e. The van der Waals surface area contributed by atoms with Gasteiger partial charge in [0.15, 0.2) is 5.78 Å². The van der Waals surface area contributed by atoms with E-state index in [1.54, 1.807) is 18.2 Å². The molecule has 0 aliphatic carbocycles. The molecule has 8 heteroatoms. The van der Waals surface area contributed by atoms with Crippen LogP contribution in [0.1, 0.15) is 52.7 Å². The summed E-state index contributed by atoms with van der Waals surface area (Å²) in [5.74, 6) is -2.19. The second-order valence-electron chi connectivity index (χ2n) is 8.49. The number of hydrogen-bond donors (Lipinski definition) is 1. The number of carbonyl (C=O) groups excluding carboxylic acids is 3. The molecule has 0 saturated heterocycles. The summed E-state index contributed by atoms with van der Waals surface area (Å²) in [5.41, 5.74) is 3.30. The highest BCUT2D eigenvalue weighted by Gasteiger charge is 2.42. The highest BCUT2D eigenvalue weighted by molar-refractivity contribution is 5.98. The van der Waals surface area contributed by atoms with Crippen LogP contribution in [0.15, 0.2) is 48.5 Å². The number of halogens is 3. The van der Waals surface area contributed by atoms with Gasteiger partial charge in [-0.3, -0.25) is 14.4 Å². The number of aryl methyl sites for hydroxylation is 1. The summed E-state index contributed by atoms with van der Waals surface area (Å²) in [6, 6.07) is 15.2. The topological polar surface area (TPSA) is 66.5 Å². The van der Waals surface area contributed by atoms with Crippen LogP contribution in [0.2, 0.25) is 0 Å². The second-order valence-corrected chi connectivity index (χ2v) is 8.49. The summed E-state index contributed by atoms with van der Waals surface area (Å²) >= 11 is 0. The molecule has 0 saturated carbocycles. The van der Waals surface area contributed by atoms with Crippen molar-refractivity contribution < 1.29 is 27.6 Å². The normalized spacial score (nSPS) is 13.7. The Morgan fingerprint density at radius 3 is 2.29 bits per heavy atom.